The van der Waals surface area contributed by atoms with E-state index in [-0.39, 0.29) is 5.82 Å². The zero-order chi connectivity index (χ0) is 13.2. The standard InChI is InChI=1S/C16H15BrFN/c17-15-7-4-11(8-16(15)18)10-19-14-6-5-12-2-1-3-13(12)9-14/h4-9,19H,1-3,10H2. The third-order valence-corrected chi connectivity index (χ3v) is 4.22. The van der Waals surface area contributed by atoms with Gasteiger partial charge in [-0.05, 0) is 76.1 Å². The molecule has 3 heteroatoms. The van der Waals surface area contributed by atoms with E-state index in [0.717, 1.165) is 11.3 Å². The summed E-state index contributed by atoms with van der Waals surface area (Å²) >= 11 is 3.16. The summed E-state index contributed by atoms with van der Waals surface area (Å²) in [5, 5.41) is 3.36. The number of aryl methyl sites for hydroxylation is 2. The predicted molar refractivity (Wildman–Crippen MR) is 79.9 cm³/mol. The summed E-state index contributed by atoms with van der Waals surface area (Å²) in [5.41, 5.74) is 4.98. The highest BCUT2D eigenvalue weighted by atomic mass is 79.9. The van der Waals surface area contributed by atoms with Gasteiger partial charge in [0, 0.05) is 12.2 Å². The minimum atomic E-state index is -0.215. The molecule has 3 rings (SSSR count). The number of nitrogens with one attached hydrogen (secondary N) is 1. The van der Waals surface area contributed by atoms with E-state index in [2.05, 4.69) is 39.4 Å². The van der Waals surface area contributed by atoms with Crippen molar-refractivity contribution in [3.8, 4) is 0 Å². The van der Waals surface area contributed by atoms with Gasteiger partial charge < -0.3 is 5.32 Å². The zero-order valence-corrected chi connectivity index (χ0v) is 12.1. The minimum absolute atomic E-state index is 0.215. The number of anilines is 1. The molecule has 0 heterocycles. The maximum absolute atomic E-state index is 13.4. The van der Waals surface area contributed by atoms with Crippen LogP contribution in [-0.4, -0.2) is 0 Å². The number of benzene rings is 2. The van der Waals surface area contributed by atoms with E-state index >= 15 is 0 Å². The molecule has 2 aromatic carbocycles. The van der Waals surface area contributed by atoms with Gasteiger partial charge in [-0.1, -0.05) is 12.1 Å². The number of fused-ring (bicyclic) bond motifs is 1. The normalized spacial score (nSPS) is 13.4. The van der Waals surface area contributed by atoms with Crippen molar-refractivity contribution in [2.24, 2.45) is 0 Å². The molecule has 0 aromatic heterocycles. The smallest absolute Gasteiger partial charge is 0.137 e. The topological polar surface area (TPSA) is 12.0 Å². The van der Waals surface area contributed by atoms with Crippen molar-refractivity contribution in [1.29, 1.82) is 0 Å². The molecule has 0 bridgehead atoms. The summed E-state index contributed by atoms with van der Waals surface area (Å²) in [6.07, 6.45) is 3.64. The lowest BCUT2D eigenvalue weighted by atomic mass is 10.1. The van der Waals surface area contributed by atoms with Crippen LogP contribution in [0.4, 0.5) is 10.1 Å². The lowest BCUT2D eigenvalue weighted by Crippen LogP contribution is -2.00. The van der Waals surface area contributed by atoms with Gasteiger partial charge in [-0.2, -0.15) is 0 Å². The van der Waals surface area contributed by atoms with Crippen LogP contribution in [0.1, 0.15) is 23.1 Å². The van der Waals surface area contributed by atoms with E-state index in [1.807, 2.05) is 6.07 Å². The van der Waals surface area contributed by atoms with Crippen LogP contribution in [0, 0.1) is 5.82 Å². The third-order valence-electron chi connectivity index (χ3n) is 3.58. The highest BCUT2D eigenvalue weighted by molar-refractivity contribution is 9.10. The molecule has 1 aliphatic carbocycles. The van der Waals surface area contributed by atoms with Crippen LogP contribution in [0.25, 0.3) is 0 Å². The Balaban J connectivity index is 1.70. The Morgan fingerprint density at radius 2 is 1.89 bits per heavy atom. The summed E-state index contributed by atoms with van der Waals surface area (Å²) < 4.78 is 13.9. The number of halogens is 2. The summed E-state index contributed by atoms with van der Waals surface area (Å²) in [6.45, 7) is 0.642. The first-order valence-corrected chi connectivity index (χ1v) is 7.31. The van der Waals surface area contributed by atoms with E-state index in [4.69, 9.17) is 0 Å². The van der Waals surface area contributed by atoms with Gasteiger partial charge in [-0.15, -0.1) is 0 Å². The molecule has 0 amide bonds. The van der Waals surface area contributed by atoms with Gasteiger partial charge in [0.15, 0.2) is 0 Å². The Hall–Kier alpha value is -1.35. The molecule has 1 N–H and O–H groups in total. The molecule has 98 valence electrons. The first-order valence-electron chi connectivity index (χ1n) is 6.52. The molecule has 0 spiro atoms. The monoisotopic (exact) mass is 319 g/mol. The second kappa shape index (κ2) is 5.33. The van der Waals surface area contributed by atoms with Gasteiger partial charge in [-0.25, -0.2) is 4.39 Å². The summed E-state index contributed by atoms with van der Waals surface area (Å²) in [7, 11) is 0. The Kier molecular flexibility index (Phi) is 3.56. The molecule has 0 saturated heterocycles. The van der Waals surface area contributed by atoms with Gasteiger partial charge in [0.05, 0.1) is 4.47 Å². The highest BCUT2D eigenvalue weighted by Crippen LogP contribution is 2.25. The van der Waals surface area contributed by atoms with Crippen LogP contribution in [-0.2, 0) is 19.4 Å². The second-order valence-electron chi connectivity index (χ2n) is 4.94. The molecule has 0 atom stereocenters. The molecule has 1 nitrogen and oxygen atoms in total. The van der Waals surface area contributed by atoms with E-state index in [9.17, 15) is 4.39 Å². The fraction of sp³-hybridized carbons (Fsp3) is 0.250. The quantitative estimate of drug-likeness (QED) is 0.865. The fourth-order valence-electron chi connectivity index (χ4n) is 2.54. The average Bonchev–Trinajstić information content (AvgIpc) is 2.87. The molecule has 0 unspecified atom stereocenters. The minimum Gasteiger partial charge on any atom is -0.381 e. The van der Waals surface area contributed by atoms with Gasteiger partial charge in [0.1, 0.15) is 5.82 Å². The van der Waals surface area contributed by atoms with Crippen LogP contribution in [0.15, 0.2) is 40.9 Å². The molecule has 0 saturated carbocycles. The van der Waals surface area contributed by atoms with E-state index in [0.29, 0.717) is 11.0 Å². The zero-order valence-electron chi connectivity index (χ0n) is 10.5. The third kappa shape index (κ3) is 2.81. The Morgan fingerprint density at radius 1 is 1.05 bits per heavy atom. The van der Waals surface area contributed by atoms with Crippen molar-refractivity contribution in [1.82, 2.24) is 0 Å². The van der Waals surface area contributed by atoms with Crippen molar-refractivity contribution in [3.63, 3.8) is 0 Å². The van der Waals surface area contributed by atoms with Crippen LogP contribution in [0.3, 0.4) is 0 Å². The largest absolute Gasteiger partial charge is 0.381 e. The molecular formula is C16H15BrFN. The van der Waals surface area contributed by atoms with Gasteiger partial charge in [-0.3, -0.25) is 0 Å². The highest BCUT2D eigenvalue weighted by Gasteiger charge is 2.10. The lowest BCUT2D eigenvalue weighted by molar-refractivity contribution is 0.619. The predicted octanol–water partition coefficient (Wildman–Crippen LogP) is 4.69. The fourth-order valence-corrected chi connectivity index (χ4v) is 2.78. The van der Waals surface area contributed by atoms with E-state index < -0.39 is 0 Å². The van der Waals surface area contributed by atoms with E-state index in [1.165, 1.54) is 30.4 Å². The maximum Gasteiger partial charge on any atom is 0.137 e. The Labute approximate surface area is 121 Å². The number of hydrogen-bond acceptors (Lipinski definition) is 1. The lowest BCUT2D eigenvalue weighted by Gasteiger charge is -2.09. The Bertz CT molecular complexity index is 610. The molecule has 0 fully saturated rings. The van der Waals surface area contributed by atoms with Crippen LogP contribution in [0.2, 0.25) is 0 Å². The van der Waals surface area contributed by atoms with Gasteiger partial charge in [0.2, 0.25) is 0 Å². The molecule has 1 aliphatic rings. The molecule has 19 heavy (non-hydrogen) atoms. The average molecular weight is 320 g/mol. The SMILES string of the molecule is Fc1cc(CNc2ccc3c(c2)CCC3)ccc1Br. The van der Waals surface area contributed by atoms with Gasteiger partial charge >= 0.3 is 0 Å². The van der Waals surface area contributed by atoms with Crippen LogP contribution < -0.4 is 5.32 Å². The van der Waals surface area contributed by atoms with Crippen LogP contribution >= 0.6 is 15.9 Å². The van der Waals surface area contributed by atoms with Crippen molar-refractivity contribution in [3.05, 3.63) is 63.4 Å². The molecule has 0 radical (unpaired) electrons. The van der Waals surface area contributed by atoms with Crippen molar-refractivity contribution in [2.45, 2.75) is 25.8 Å². The first-order chi connectivity index (χ1) is 9.22. The summed E-state index contributed by atoms with van der Waals surface area (Å²) in [5.74, 6) is -0.215. The van der Waals surface area contributed by atoms with Crippen molar-refractivity contribution in [2.75, 3.05) is 5.32 Å². The second-order valence-corrected chi connectivity index (χ2v) is 5.79. The number of rotatable bonds is 3. The van der Waals surface area contributed by atoms with Crippen molar-refractivity contribution >= 4 is 21.6 Å². The first kappa shape index (κ1) is 12.7. The number of hydrogen-bond donors (Lipinski definition) is 1. The van der Waals surface area contributed by atoms with Gasteiger partial charge in [0.25, 0.3) is 0 Å². The Morgan fingerprint density at radius 3 is 2.74 bits per heavy atom. The van der Waals surface area contributed by atoms with Crippen LogP contribution in [0.5, 0.6) is 0 Å². The maximum atomic E-state index is 13.4. The molecular weight excluding hydrogens is 305 g/mol. The summed E-state index contributed by atoms with van der Waals surface area (Å²) in [6, 6.07) is 11.8. The van der Waals surface area contributed by atoms with Crippen molar-refractivity contribution < 1.29 is 4.39 Å². The molecule has 0 aliphatic heterocycles. The van der Waals surface area contributed by atoms with E-state index in [1.54, 1.807) is 12.1 Å². The molecule has 2 aromatic rings. The summed E-state index contributed by atoms with van der Waals surface area (Å²) in [4.78, 5) is 0.